The highest BCUT2D eigenvalue weighted by Gasteiger charge is 2.39. The summed E-state index contributed by atoms with van der Waals surface area (Å²) in [6.45, 7) is 3.06. The summed E-state index contributed by atoms with van der Waals surface area (Å²) in [5.41, 5.74) is 0. The van der Waals surface area contributed by atoms with Gasteiger partial charge in [-0.3, -0.25) is 4.57 Å². The molecule has 0 saturated heterocycles. The third-order valence-electron chi connectivity index (χ3n) is 2.70. The van der Waals surface area contributed by atoms with Gasteiger partial charge in [-0.15, -0.1) is 11.3 Å². The molecule has 0 radical (unpaired) electrons. The highest BCUT2D eigenvalue weighted by Crippen LogP contribution is 2.54. The molecule has 2 aromatic rings. The molecule has 0 aliphatic carbocycles. The molecule has 0 aliphatic heterocycles. The van der Waals surface area contributed by atoms with Crippen LogP contribution >= 0.6 is 18.9 Å². The molecular formula is C14H16FO5PS. The molecule has 2 rings (SSSR count). The first-order valence-electron chi connectivity index (χ1n) is 6.72. The molecule has 0 N–H and O–H groups in total. The first kappa shape index (κ1) is 17.1. The summed E-state index contributed by atoms with van der Waals surface area (Å²) in [4.78, 5) is 12.2. The highest BCUT2D eigenvalue weighted by molar-refractivity contribution is 7.54. The molecule has 1 unspecified atom stereocenters. The van der Waals surface area contributed by atoms with Crippen LogP contribution in [0.15, 0.2) is 30.3 Å². The van der Waals surface area contributed by atoms with E-state index in [1.54, 1.807) is 19.9 Å². The van der Waals surface area contributed by atoms with Crippen molar-refractivity contribution in [3.63, 3.8) is 0 Å². The number of alkyl halides is 1. The van der Waals surface area contributed by atoms with Crippen LogP contribution in [0.5, 0.6) is 0 Å². The Labute approximate surface area is 131 Å². The van der Waals surface area contributed by atoms with Crippen molar-refractivity contribution in [2.45, 2.75) is 19.9 Å². The van der Waals surface area contributed by atoms with Crippen LogP contribution < -0.4 is 0 Å². The van der Waals surface area contributed by atoms with E-state index >= 15 is 0 Å². The van der Waals surface area contributed by atoms with E-state index in [0.717, 1.165) is 10.1 Å². The minimum atomic E-state index is -4.12. The second-order valence-corrected chi connectivity index (χ2v) is 7.31. The minimum Gasteiger partial charge on any atom is -0.415 e. The van der Waals surface area contributed by atoms with E-state index in [2.05, 4.69) is 4.74 Å². The normalized spacial score (nSPS) is 13.2. The molecule has 22 heavy (non-hydrogen) atoms. The van der Waals surface area contributed by atoms with Gasteiger partial charge in [0.2, 0.25) is 0 Å². The molecule has 5 nitrogen and oxygen atoms in total. The van der Waals surface area contributed by atoms with E-state index in [9.17, 15) is 13.8 Å². The van der Waals surface area contributed by atoms with Crippen molar-refractivity contribution in [1.29, 1.82) is 0 Å². The number of benzene rings is 1. The Morgan fingerprint density at radius 3 is 2.50 bits per heavy atom. The van der Waals surface area contributed by atoms with E-state index in [-0.39, 0.29) is 18.1 Å². The maximum absolute atomic E-state index is 14.1. The molecule has 1 atom stereocenters. The largest absolute Gasteiger partial charge is 0.415 e. The number of fused-ring (bicyclic) bond motifs is 1. The standard InChI is InChI=1S/C14H16FO5PS/c1-3-18-21(17,19-4-2)14(15)20-13(16)12-9-10-7-5-6-8-11(10)22-12/h5-9,14H,3-4H2,1-2H3. The number of thiophene rings is 1. The molecule has 0 bridgehead atoms. The number of ether oxygens (including phenoxy) is 1. The van der Waals surface area contributed by atoms with Gasteiger partial charge in [-0.05, 0) is 31.4 Å². The van der Waals surface area contributed by atoms with Gasteiger partial charge < -0.3 is 13.8 Å². The molecule has 0 fully saturated rings. The molecule has 1 aromatic carbocycles. The van der Waals surface area contributed by atoms with Crippen molar-refractivity contribution in [1.82, 2.24) is 0 Å². The van der Waals surface area contributed by atoms with E-state index < -0.39 is 19.7 Å². The number of carbonyl (C=O) groups is 1. The monoisotopic (exact) mass is 346 g/mol. The number of esters is 1. The fourth-order valence-electron chi connectivity index (χ4n) is 1.81. The molecule has 0 amide bonds. The number of rotatable bonds is 7. The van der Waals surface area contributed by atoms with Crippen LogP contribution in [0.4, 0.5) is 4.39 Å². The second kappa shape index (κ2) is 7.33. The first-order chi connectivity index (χ1) is 10.5. The number of hydrogen-bond donors (Lipinski definition) is 0. The minimum absolute atomic E-state index is 0.0157. The van der Waals surface area contributed by atoms with Gasteiger partial charge in [0, 0.05) is 4.70 Å². The maximum atomic E-state index is 14.1. The Kier molecular flexibility index (Phi) is 5.69. The van der Waals surface area contributed by atoms with Crippen LogP contribution in [-0.4, -0.2) is 25.3 Å². The Morgan fingerprint density at radius 2 is 1.91 bits per heavy atom. The van der Waals surface area contributed by atoms with Gasteiger partial charge in [0.15, 0.2) is 0 Å². The number of halogens is 1. The van der Waals surface area contributed by atoms with Gasteiger partial charge in [0.1, 0.15) is 4.88 Å². The van der Waals surface area contributed by atoms with Crippen molar-refractivity contribution in [3.05, 3.63) is 35.2 Å². The molecule has 0 aliphatic rings. The highest BCUT2D eigenvalue weighted by atomic mass is 32.1. The number of carbonyl (C=O) groups excluding carboxylic acids is 1. The SMILES string of the molecule is CCOP(=O)(OCC)C(F)OC(=O)c1cc2ccccc2s1. The second-order valence-electron chi connectivity index (χ2n) is 4.22. The average Bonchev–Trinajstić information content (AvgIpc) is 2.91. The maximum Gasteiger partial charge on any atom is 0.403 e. The molecule has 1 aromatic heterocycles. The Hall–Kier alpha value is -1.27. The Morgan fingerprint density at radius 1 is 1.27 bits per heavy atom. The van der Waals surface area contributed by atoms with Gasteiger partial charge >= 0.3 is 19.7 Å². The number of hydrogen-bond acceptors (Lipinski definition) is 6. The fourth-order valence-corrected chi connectivity index (χ4v) is 4.01. The van der Waals surface area contributed by atoms with Crippen LogP contribution in [0.3, 0.4) is 0 Å². The predicted octanol–water partition coefficient (Wildman–Crippen LogP) is 4.58. The first-order valence-corrected chi connectivity index (χ1v) is 9.15. The summed E-state index contributed by atoms with van der Waals surface area (Å²) in [5.74, 6) is -0.895. The summed E-state index contributed by atoms with van der Waals surface area (Å²) in [5, 5.41) is 0.854. The zero-order chi connectivity index (χ0) is 16.2. The van der Waals surface area contributed by atoms with Crippen LogP contribution in [0, 0.1) is 0 Å². The van der Waals surface area contributed by atoms with Crippen molar-refractivity contribution in [2.24, 2.45) is 0 Å². The molecule has 120 valence electrons. The van der Waals surface area contributed by atoms with Gasteiger partial charge in [-0.2, -0.15) is 4.39 Å². The topological polar surface area (TPSA) is 61.8 Å². The van der Waals surface area contributed by atoms with E-state index in [4.69, 9.17) is 9.05 Å². The van der Waals surface area contributed by atoms with Gasteiger partial charge in [-0.1, -0.05) is 18.2 Å². The van der Waals surface area contributed by atoms with Gasteiger partial charge in [-0.25, -0.2) is 4.79 Å². The van der Waals surface area contributed by atoms with E-state index in [1.165, 1.54) is 11.3 Å². The van der Waals surface area contributed by atoms with Gasteiger partial charge in [0.05, 0.1) is 13.2 Å². The lowest BCUT2D eigenvalue weighted by atomic mass is 10.2. The zero-order valence-corrected chi connectivity index (χ0v) is 13.9. The third kappa shape index (κ3) is 3.73. The summed E-state index contributed by atoms with van der Waals surface area (Å²) < 4.78 is 41.4. The van der Waals surface area contributed by atoms with Crippen LogP contribution in [0.1, 0.15) is 23.5 Å². The molecule has 0 spiro atoms. The molecular weight excluding hydrogens is 330 g/mol. The van der Waals surface area contributed by atoms with Crippen molar-refractivity contribution in [3.8, 4) is 0 Å². The summed E-state index contributed by atoms with van der Waals surface area (Å²) in [7, 11) is -4.12. The lowest BCUT2D eigenvalue weighted by molar-refractivity contribution is 0.00400. The summed E-state index contributed by atoms with van der Waals surface area (Å²) in [6.07, 6.45) is -2.45. The molecule has 0 saturated carbocycles. The quantitative estimate of drug-likeness (QED) is 0.542. The average molecular weight is 346 g/mol. The van der Waals surface area contributed by atoms with Crippen molar-refractivity contribution in [2.75, 3.05) is 13.2 Å². The molecule has 1 heterocycles. The molecule has 8 heteroatoms. The van der Waals surface area contributed by atoms with Crippen LogP contribution in [0.25, 0.3) is 10.1 Å². The Bertz CT molecular complexity index is 658. The lowest BCUT2D eigenvalue weighted by Gasteiger charge is -2.19. The van der Waals surface area contributed by atoms with Gasteiger partial charge in [0.25, 0.3) is 0 Å². The zero-order valence-electron chi connectivity index (χ0n) is 12.2. The summed E-state index contributed by atoms with van der Waals surface area (Å²) >= 11 is 1.17. The van der Waals surface area contributed by atoms with Crippen molar-refractivity contribution < 1.29 is 27.5 Å². The van der Waals surface area contributed by atoms with E-state index in [1.807, 2.05) is 24.3 Å². The Balaban J connectivity index is 2.14. The van der Waals surface area contributed by atoms with Crippen LogP contribution in [-0.2, 0) is 18.3 Å². The van der Waals surface area contributed by atoms with Crippen molar-refractivity contribution >= 4 is 35.0 Å². The lowest BCUT2D eigenvalue weighted by Crippen LogP contribution is -2.16. The fraction of sp³-hybridized carbons (Fsp3) is 0.357. The third-order valence-corrected chi connectivity index (χ3v) is 5.63. The predicted molar refractivity (Wildman–Crippen MR) is 83.0 cm³/mol. The summed E-state index contributed by atoms with van der Waals surface area (Å²) in [6, 6.07) is 8.95. The smallest absolute Gasteiger partial charge is 0.403 e. The van der Waals surface area contributed by atoms with Crippen LogP contribution in [0.2, 0.25) is 0 Å². The van der Waals surface area contributed by atoms with E-state index in [0.29, 0.717) is 0 Å².